The first-order chi connectivity index (χ1) is 11.8. The van der Waals surface area contributed by atoms with Crippen LogP contribution in [0.15, 0.2) is 63.5 Å². The Labute approximate surface area is 145 Å². The van der Waals surface area contributed by atoms with E-state index < -0.39 is 0 Å². The van der Waals surface area contributed by atoms with E-state index in [4.69, 9.17) is 4.42 Å². The average molecular weight is 383 g/mol. The maximum atomic E-state index is 5.65. The molecule has 0 aliphatic rings. The molecule has 8 heteroatoms. The summed E-state index contributed by atoms with van der Waals surface area (Å²) in [5.74, 6) is 1.42. The van der Waals surface area contributed by atoms with E-state index in [1.165, 1.54) is 4.80 Å². The summed E-state index contributed by atoms with van der Waals surface area (Å²) in [6, 6.07) is 17.3. The maximum Gasteiger partial charge on any atom is 0.247 e. The number of tetrazole rings is 1. The third-order valence-electron chi connectivity index (χ3n) is 3.33. The van der Waals surface area contributed by atoms with Crippen LogP contribution in [0.5, 0.6) is 0 Å². The standard InChI is InChI=1S/C16H11BrN6O/c17-13-9-5-4-8-12(13)15-19-22-23(21-15)10-14-18-20-16(24-14)11-6-2-1-3-7-11/h1-9H,10H2. The highest BCUT2D eigenvalue weighted by Gasteiger charge is 2.12. The topological polar surface area (TPSA) is 82.5 Å². The summed E-state index contributed by atoms with van der Waals surface area (Å²) in [7, 11) is 0. The SMILES string of the molecule is Brc1ccccc1-c1nnn(Cc2nnc(-c3ccccc3)o2)n1. The zero-order valence-electron chi connectivity index (χ0n) is 12.4. The molecule has 118 valence electrons. The monoisotopic (exact) mass is 382 g/mol. The van der Waals surface area contributed by atoms with Gasteiger partial charge in [0.1, 0.15) is 6.54 Å². The van der Waals surface area contributed by atoms with Crippen LogP contribution in [-0.4, -0.2) is 30.4 Å². The lowest BCUT2D eigenvalue weighted by molar-refractivity contribution is 0.446. The molecule has 4 rings (SSSR count). The van der Waals surface area contributed by atoms with Crippen LogP contribution in [0, 0.1) is 0 Å². The Morgan fingerprint density at radius 1 is 0.917 bits per heavy atom. The normalized spacial score (nSPS) is 10.9. The molecule has 0 aliphatic carbocycles. The largest absolute Gasteiger partial charge is 0.419 e. The van der Waals surface area contributed by atoms with E-state index in [1.54, 1.807) is 0 Å². The Hall–Kier alpha value is -2.87. The molecule has 0 atom stereocenters. The summed E-state index contributed by atoms with van der Waals surface area (Å²) in [6.07, 6.45) is 0. The van der Waals surface area contributed by atoms with Gasteiger partial charge in [0.05, 0.1) is 0 Å². The summed E-state index contributed by atoms with van der Waals surface area (Å²) in [6.45, 7) is 0.261. The number of rotatable bonds is 4. The van der Waals surface area contributed by atoms with Crippen molar-refractivity contribution < 1.29 is 4.42 Å². The minimum Gasteiger partial charge on any atom is -0.419 e. The third kappa shape index (κ3) is 2.95. The van der Waals surface area contributed by atoms with E-state index in [0.29, 0.717) is 17.6 Å². The van der Waals surface area contributed by atoms with Crippen molar-refractivity contribution in [1.82, 2.24) is 30.4 Å². The highest BCUT2D eigenvalue weighted by Crippen LogP contribution is 2.24. The van der Waals surface area contributed by atoms with Gasteiger partial charge in [-0.2, -0.15) is 4.80 Å². The Balaban J connectivity index is 1.55. The summed E-state index contributed by atoms with van der Waals surface area (Å²) >= 11 is 3.48. The molecule has 0 saturated carbocycles. The molecule has 0 bridgehead atoms. The number of aromatic nitrogens is 6. The lowest BCUT2D eigenvalue weighted by Crippen LogP contribution is -2.04. The molecular weight excluding hydrogens is 372 g/mol. The Kier molecular flexibility index (Phi) is 3.87. The average Bonchev–Trinajstić information content (AvgIpc) is 3.26. The molecule has 2 aromatic carbocycles. The second kappa shape index (κ2) is 6.32. The minimum atomic E-state index is 0.261. The van der Waals surface area contributed by atoms with Gasteiger partial charge in [0.2, 0.25) is 17.6 Å². The van der Waals surface area contributed by atoms with E-state index in [-0.39, 0.29) is 6.54 Å². The number of nitrogens with zero attached hydrogens (tertiary/aromatic N) is 6. The molecule has 0 fully saturated rings. The van der Waals surface area contributed by atoms with Crippen LogP contribution < -0.4 is 0 Å². The molecular formula is C16H11BrN6O. The van der Waals surface area contributed by atoms with Crippen LogP contribution in [0.1, 0.15) is 5.89 Å². The molecule has 0 amide bonds. The van der Waals surface area contributed by atoms with Crippen LogP contribution in [0.3, 0.4) is 0 Å². The highest BCUT2D eigenvalue weighted by molar-refractivity contribution is 9.10. The molecule has 0 spiro atoms. The Morgan fingerprint density at radius 3 is 2.54 bits per heavy atom. The predicted octanol–water partition coefficient (Wildman–Crippen LogP) is 3.20. The molecule has 0 aliphatic heterocycles. The first kappa shape index (κ1) is 14.7. The number of halogens is 1. The molecule has 0 unspecified atom stereocenters. The van der Waals surface area contributed by atoms with E-state index in [0.717, 1.165) is 15.6 Å². The van der Waals surface area contributed by atoms with Crippen molar-refractivity contribution in [1.29, 1.82) is 0 Å². The fourth-order valence-electron chi connectivity index (χ4n) is 2.20. The molecule has 0 N–H and O–H groups in total. The van der Waals surface area contributed by atoms with Gasteiger partial charge in [-0.1, -0.05) is 46.3 Å². The van der Waals surface area contributed by atoms with Crippen LogP contribution in [0.25, 0.3) is 22.8 Å². The lowest BCUT2D eigenvalue weighted by Gasteiger charge is -1.97. The van der Waals surface area contributed by atoms with Crippen molar-refractivity contribution in [2.24, 2.45) is 0 Å². The quantitative estimate of drug-likeness (QED) is 0.538. The zero-order valence-corrected chi connectivity index (χ0v) is 14.0. The van der Waals surface area contributed by atoms with Crippen LogP contribution >= 0.6 is 15.9 Å². The fraction of sp³-hybridized carbons (Fsp3) is 0.0625. The smallest absolute Gasteiger partial charge is 0.247 e. The molecule has 4 aromatic rings. The van der Waals surface area contributed by atoms with Crippen molar-refractivity contribution in [2.75, 3.05) is 0 Å². The van der Waals surface area contributed by atoms with Crippen LogP contribution in [-0.2, 0) is 6.54 Å². The summed E-state index contributed by atoms with van der Waals surface area (Å²) in [5, 5.41) is 20.5. The Morgan fingerprint density at radius 2 is 1.71 bits per heavy atom. The molecule has 7 nitrogen and oxygen atoms in total. The van der Waals surface area contributed by atoms with Crippen molar-refractivity contribution in [2.45, 2.75) is 6.54 Å². The van der Waals surface area contributed by atoms with Crippen LogP contribution in [0.4, 0.5) is 0 Å². The van der Waals surface area contributed by atoms with E-state index in [1.807, 2.05) is 54.6 Å². The van der Waals surface area contributed by atoms with Crippen molar-refractivity contribution in [3.05, 3.63) is 65.0 Å². The van der Waals surface area contributed by atoms with Crippen molar-refractivity contribution >= 4 is 15.9 Å². The highest BCUT2D eigenvalue weighted by atomic mass is 79.9. The molecule has 0 saturated heterocycles. The predicted molar refractivity (Wildman–Crippen MR) is 89.8 cm³/mol. The second-order valence-corrected chi connectivity index (χ2v) is 5.84. The number of hydrogen-bond acceptors (Lipinski definition) is 6. The van der Waals surface area contributed by atoms with Crippen LogP contribution in [0.2, 0.25) is 0 Å². The summed E-state index contributed by atoms with van der Waals surface area (Å²) < 4.78 is 6.56. The molecule has 0 radical (unpaired) electrons. The molecule has 24 heavy (non-hydrogen) atoms. The van der Waals surface area contributed by atoms with Crippen molar-refractivity contribution in [3.8, 4) is 22.8 Å². The molecule has 2 aromatic heterocycles. The van der Waals surface area contributed by atoms with Crippen molar-refractivity contribution in [3.63, 3.8) is 0 Å². The van der Waals surface area contributed by atoms with E-state index in [9.17, 15) is 0 Å². The van der Waals surface area contributed by atoms with Gasteiger partial charge >= 0.3 is 0 Å². The maximum absolute atomic E-state index is 5.65. The third-order valence-corrected chi connectivity index (χ3v) is 4.02. The van der Waals surface area contributed by atoms with Gasteiger partial charge < -0.3 is 4.42 Å². The van der Waals surface area contributed by atoms with Gasteiger partial charge in [-0.15, -0.1) is 20.4 Å². The summed E-state index contributed by atoms with van der Waals surface area (Å²) in [5.41, 5.74) is 1.75. The van der Waals surface area contributed by atoms with Gasteiger partial charge in [0.25, 0.3) is 0 Å². The van der Waals surface area contributed by atoms with Gasteiger partial charge in [0, 0.05) is 15.6 Å². The minimum absolute atomic E-state index is 0.261. The number of benzene rings is 2. The van der Waals surface area contributed by atoms with E-state index >= 15 is 0 Å². The molecule has 2 heterocycles. The first-order valence-electron chi connectivity index (χ1n) is 7.20. The zero-order chi connectivity index (χ0) is 16.4. The number of hydrogen-bond donors (Lipinski definition) is 0. The Bertz CT molecular complexity index is 965. The lowest BCUT2D eigenvalue weighted by atomic mass is 10.2. The van der Waals surface area contributed by atoms with Gasteiger partial charge in [-0.25, -0.2) is 0 Å². The van der Waals surface area contributed by atoms with Gasteiger partial charge in [-0.05, 0) is 29.5 Å². The second-order valence-electron chi connectivity index (χ2n) is 4.99. The van der Waals surface area contributed by atoms with Gasteiger partial charge in [0.15, 0.2) is 0 Å². The van der Waals surface area contributed by atoms with Gasteiger partial charge in [-0.3, -0.25) is 0 Å². The fourth-order valence-corrected chi connectivity index (χ4v) is 2.66. The summed E-state index contributed by atoms with van der Waals surface area (Å²) in [4.78, 5) is 1.43. The first-order valence-corrected chi connectivity index (χ1v) is 7.99. The van der Waals surface area contributed by atoms with E-state index in [2.05, 4.69) is 41.5 Å².